The fourth-order valence-corrected chi connectivity index (χ4v) is 3.03. The van der Waals surface area contributed by atoms with Crippen LogP contribution in [0.1, 0.15) is 12.0 Å². The summed E-state index contributed by atoms with van der Waals surface area (Å²) in [6.45, 7) is 5.45. The topological polar surface area (TPSA) is 29.9 Å². The molecule has 3 nitrogen and oxygen atoms in total. The summed E-state index contributed by atoms with van der Waals surface area (Å²) >= 11 is 3.57. The number of hydrogen-bond acceptors (Lipinski definition) is 2. The molecule has 4 heteroatoms. The van der Waals surface area contributed by atoms with Gasteiger partial charge in [-0.25, -0.2) is 4.98 Å². The van der Waals surface area contributed by atoms with E-state index in [4.69, 9.17) is 0 Å². The van der Waals surface area contributed by atoms with Gasteiger partial charge in [-0.05, 0) is 66.0 Å². The van der Waals surface area contributed by atoms with Gasteiger partial charge >= 0.3 is 0 Å². The molecule has 1 aromatic heterocycles. The summed E-state index contributed by atoms with van der Waals surface area (Å²) in [6.07, 6.45) is 1.26. The Balaban J connectivity index is 2.01. The van der Waals surface area contributed by atoms with E-state index in [2.05, 4.69) is 55.9 Å². The van der Waals surface area contributed by atoms with Crippen molar-refractivity contribution in [1.82, 2.24) is 14.9 Å². The number of aryl methyl sites for hydroxylation is 1. The molecule has 0 saturated carbocycles. The van der Waals surface area contributed by atoms with E-state index in [9.17, 15) is 0 Å². The van der Waals surface area contributed by atoms with E-state index in [1.54, 1.807) is 0 Å². The van der Waals surface area contributed by atoms with Crippen molar-refractivity contribution in [3.8, 4) is 0 Å². The molecule has 0 spiro atoms. The summed E-state index contributed by atoms with van der Waals surface area (Å²) in [5.74, 6) is 0.726. The zero-order chi connectivity index (χ0) is 11.8. The average Bonchev–Trinajstić information content (AvgIpc) is 2.90. The van der Waals surface area contributed by atoms with Crippen LogP contribution in [0.25, 0.3) is 11.0 Å². The van der Waals surface area contributed by atoms with Crippen molar-refractivity contribution in [3.05, 3.63) is 28.5 Å². The lowest BCUT2D eigenvalue weighted by Crippen LogP contribution is -2.14. The Morgan fingerprint density at radius 2 is 2.41 bits per heavy atom. The highest BCUT2D eigenvalue weighted by atomic mass is 79.9. The van der Waals surface area contributed by atoms with Crippen LogP contribution in [0.5, 0.6) is 0 Å². The van der Waals surface area contributed by atoms with Gasteiger partial charge in [-0.15, -0.1) is 0 Å². The molecule has 0 radical (unpaired) electrons. The average molecular weight is 294 g/mol. The Labute approximate surface area is 109 Å². The van der Waals surface area contributed by atoms with Gasteiger partial charge in [0.15, 0.2) is 4.73 Å². The molecule has 1 aliphatic rings. The van der Waals surface area contributed by atoms with Crippen LogP contribution in [-0.4, -0.2) is 22.6 Å². The first-order valence-electron chi connectivity index (χ1n) is 6.07. The highest BCUT2D eigenvalue weighted by Gasteiger charge is 2.18. The Bertz CT molecular complexity index is 541. The van der Waals surface area contributed by atoms with Crippen LogP contribution in [0, 0.1) is 12.8 Å². The number of rotatable bonds is 2. The van der Waals surface area contributed by atoms with Crippen LogP contribution >= 0.6 is 15.9 Å². The van der Waals surface area contributed by atoms with Gasteiger partial charge in [-0.2, -0.15) is 0 Å². The minimum Gasteiger partial charge on any atom is -0.318 e. The molecule has 1 unspecified atom stereocenters. The first kappa shape index (κ1) is 11.2. The highest BCUT2D eigenvalue weighted by molar-refractivity contribution is 9.10. The number of halogens is 1. The van der Waals surface area contributed by atoms with E-state index in [1.807, 2.05) is 0 Å². The van der Waals surface area contributed by atoms with Crippen molar-refractivity contribution >= 4 is 27.0 Å². The third-order valence-electron chi connectivity index (χ3n) is 3.46. The number of nitrogens with one attached hydrogen (secondary N) is 1. The summed E-state index contributed by atoms with van der Waals surface area (Å²) in [5, 5.41) is 3.41. The van der Waals surface area contributed by atoms with Crippen molar-refractivity contribution in [2.75, 3.05) is 13.1 Å². The monoisotopic (exact) mass is 293 g/mol. The molecule has 0 aliphatic carbocycles. The molecule has 1 aromatic carbocycles. The smallest absolute Gasteiger partial charge is 0.178 e. The Hall–Kier alpha value is -0.870. The third kappa shape index (κ3) is 2.11. The van der Waals surface area contributed by atoms with Gasteiger partial charge in [0.25, 0.3) is 0 Å². The van der Waals surface area contributed by atoms with E-state index >= 15 is 0 Å². The Morgan fingerprint density at radius 3 is 3.18 bits per heavy atom. The highest BCUT2D eigenvalue weighted by Crippen LogP contribution is 2.24. The van der Waals surface area contributed by atoms with E-state index in [1.165, 1.54) is 17.5 Å². The number of aromatic nitrogens is 2. The van der Waals surface area contributed by atoms with Crippen molar-refractivity contribution < 1.29 is 0 Å². The normalized spacial score (nSPS) is 20.2. The summed E-state index contributed by atoms with van der Waals surface area (Å²) in [4.78, 5) is 4.56. The Morgan fingerprint density at radius 1 is 1.53 bits per heavy atom. The molecule has 17 heavy (non-hydrogen) atoms. The molecule has 0 bridgehead atoms. The first-order valence-corrected chi connectivity index (χ1v) is 6.86. The lowest BCUT2D eigenvalue weighted by atomic mass is 10.1. The van der Waals surface area contributed by atoms with Gasteiger partial charge in [0.05, 0.1) is 11.0 Å². The molecule has 3 rings (SSSR count). The lowest BCUT2D eigenvalue weighted by molar-refractivity contribution is 0.484. The zero-order valence-electron chi connectivity index (χ0n) is 9.91. The van der Waals surface area contributed by atoms with Crippen LogP contribution < -0.4 is 5.32 Å². The van der Waals surface area contributed by atoms with Crippen molar-refractivity contribution in [2.24, 2.45) is 5.92 Å². The molecule has 2 heterocycles. The van der Waals surface area contributed by atoms with E-state index < -0.39 is 0 Å². The number of imidazole rings is 1. The molecular weight excluding hydrogens is 278 g/mol. The maximum Gasteiger partial charge on any atom is 0.178 e. The quantitative estimate of drug-likeness (QED) is 0.923. The SMILES string of the molecule is Cc1ccc2nc(Br)n(CC3CCNC3)c2c1. The maximum atomic E-state index is 4.56. The lowest BCUT2D eigenvalue weighted by Gasteiger charge is -2.11. The van der Waals surface area contributed by atoms with Gasteiger partial charge in [0.1, 0.15) is 0 Å². The summed E-state index contributed by atoms with van der Waals surface area (Å²) in [5.41, 5.74) is 3.60. The van der Waals surface area contributed by atoms with E-state index in [0.717, 1.165) is 35.8 Å². The summed E-state index contributed by atoms with van der Waals surface area (Å²) in [6, 6.07) is 6.43. The first-order chi connectivity index (χ1) is 8.24. The molecular formula is C13H16BrN3. The van der Waals surface area contributed by atoms with E-state index in [0.29, 0.717) is 0 Å². The third-order valence-corrected chi connectivity index (χ3v) is 4.07. The van der Waals surface area contributed by atoms with Crippen LogP contribution in [0.4, 0.5) is 0 Å². The predicted octanol–water partition coefficient (Wildman–Crippen LogP) is 2.72. The molecule has 1 aliphatic heterocycles. The largest absolute Gasteiger partial charge is 0.318 e. The second-order valence-electron chi connectivity index (χ2n) is 4.84. The molecule has 1 atom stereocenters. The predicted molar refractivity (Wildman–Crippen MR) is 73.1 cm³/mol. The number of fused-ring (bicyclic) bond motifs is 1. The maximum absolute atomic E-state index is 4.56. The van der Waals surface area contributed by atoms with E-state index in [-0.39, 0.29) is 0 Å². The van der Waals surface area contributed by atoms with Crippen LogP contribution in [0.2, 0.25) is 0 Å². The van der Waals surface area contributed by atoms with Crippen molar-refractivity contribution in [2.45, 2.75) is 19.9 Å². The van der Waals surface area contributed by atoms with Gasteiger partial charge < -0.3 is 9.88 Å². The molecule has 1 fully saturated rings. The number of nitrogens with zero attached hydrogens (tertiary/aromatic N) is 2. The second-order valence-corrected chi connectivity index (χ2v) is 5.55. The van der Waals surface area contributed by atoms with Gasteiger partial charge in [0.2, 0.25) is 0 Å². The molecule has 1 saturated heterocycles. The molecule has 2 aromatic rings. The standard InChI is InChI=1S/C13H16BrN3/c1-9-2-3-11-12(6-9)17(13(14)16-11)8-10-4-5-15-7-10/h2-3,6,10,15H,4-5,7-8H2,1H3. The van der Waals surface area contributed by atoms with Gasteiger partial charge in [-0.1, -0.05) is 6.07 Å². The second kappa shape index (κ2) is 4.42. The van der Waals surface area contributed by atoms with Crippen LogP contribution in [0.3, 0.4) is 0 Å². The van der Waals surface area contributed by atoms with Crippen molar-refractivity contribution in [1.29, 1.82) is 0 Å². The Kier molecular flexibility index (Phi) is 2.92. The van der Waals surface area contributed by atoms with Gasteiger partial charge in [-0.3, -0.25) is 0 Å². The summed E-state index contributed by atoms with van der Waals surface area (Å²) in [7, 11) is 0. The fourth-order valence-electron chi connectivity index (χ4n) is 2.51. The summed E-state index contributed by atoms with van der Waals surface area (Å²) < 4.78 is 3.24. The number of benzene rings is 1. The minimum atomic E-state index is 0.726. The molecule has 1 N–H and O–H groups in total. The minimum absolute atomic E-state index is 0.726. The van der Waals surface area contributed by atoms with Crippen molar-refractivity contribution in [3.63, 3.8) is 0 Å². The van der Waals surface area contributed by atoms with Crippen LogP contribution in [0.15, 0.2) is 22.9 Å². The van der Waals surface area contributed by atoms with Gasteiger partial charge in [0, 0.05) is 6.54 Å². The fraction of sp³-hybridized carbons (Fsp3) is 0.462. The number of hydrogen-bond donors (Lipinski definition) is 1. The van der Waals surface area contributed by atoms with Crippen LogP contribution in [-0.2, 0) is 6.54 Å². The molecule has 0 amide bonds. The zero-order valence-corrected chi connectivity index (χ0v) is 11.5. The molecule has 90 valence electrons.